The quantitative estimate of drug-likeness (QED) is 0.272. The molecule has 0 aliphatic carbocycles. The molecule has 0 bridgehead atoms. The Labute approximate surface area is 164 Å². The van der Waals surface area contributed by atoms with Crippen LogP contribution in [0.1, 0.15) is 20.3 Å². The van der Waals surface area contributed by atoms with Gasteiger partial charge in [-0.05, 0) is 30.0 Å². The third kappa shape index (κ3) is 2.43. The minimum Gasteiger partial charge on any atom is -0.319 e. The van der Waals surface area contributed by atoms with Crippen molar-refractivity contribution >= 4 is 50.8 Å². The zero-order valence-electron chi connectivity index (χ0n) is 16.2. The van der Waals surface area contributed by atoms with Gasteiger partial charge in [0.15, 0.2) is 0 Å². The summed E-state index contributed by atoms with van der Waals surface area (Å²) in [5, 5.41) is 4.49. The summed E-state index contributed by atoms with van der Waals surface area (Å²) in [6.07, 6.45) is 2.40. The predicted molar refractivity (Wildman–Crippen MR) is 121 cm³/mol. The lowest BCUT2D eigenvalue weighted by atomic mass is 10.1. The Hall–Kier alpha value is -2.64. The molecule has 0 radical (unpaired) electrons. The predicted octanol–water partition coefficient (Wildman–Crippen LogP) is 6.21. The van der Waals surface area contributed by atoms with Gasteiger partial charge in [0.2, 0.25) is 0 Å². The van der Waals surface area contributed by atoms with Gasteiger partial charge in [-0.3, -0.25) is 4.40 Å². The normalized spacial score (nSPS) is 14.2. The smallest absolute Gasteiger partial charge is 0.146 e. The number of hydrogen-bond donors (Lipinski definition) is 0. The summed E-state index contributed by atoms with van der Waals surface area (Å²) < 4.78 is 15.8. The second-order valence-electron chi connectivity index (χ2n) is 7.44. The molecule has 4 heteroatoms. The number of benzene rings is 3. The van der Waals surface area contributed by atoms with Gasteiger partial charge in [0.1, 0.15) is 12.8 Å². The maximum Gasteiger partial charge on any atom is 0.146 e. The number of nitrogens with zero attached hydrogens (tertiary/aromatic N) is 2. The Balaban J connectivity index is 2.00. The molecule has 0 amide bonds. The molecule has 0 fully saturated rings. The fourth-order valence-electron chi connectivity index (χ4n) is 4.38. The van der Waals surface area contributed by atoms with E-state index in [0.717, 1.165) is 45.5 Å². The molecular formula is C24H23N2OP. The number of fused-ring (bicyclic) bond motifs is 8. The number of aromatic nitrogens is 2. The summed E-state index contributed by atoms with van der Waals surface area (Å²) in [5.74, 6) is 0. The van der Waals surface area contributed by atoms with Crippen LogP contribution in [0, 0.1) is 0 Å². The Morgan fingerprint density at radius 3 is 2.39 bits per heavy atom. The van der Waals surface area contributed by atoms with Crippen molar-refractivity contribution in [3.8, 4) is 0 Å². The van der Waals surface area contributed by atoms with E-state index >= 15 is 0 Å². The van der Waals surface area contributed by atoms with E-state index in [9.17, 15) is 4.57 Å². The lowest BCUT2D eigenvalue weighted by Gasteiger charge is -2.18. The molecule has 5 rings (SSSR count). The van der Waals surface area contributed by atoms with E-state index in [1.54, 1.807) is 0 Å². The fraction of sp³-hybridized carbons (Fsp3) is 0.208. The Morgan fingerprint density at radius 1 is 0.857 bits per heavy atom. The third-order valence-corrected chi connectivity index (χ3v) is 9.22. The maximum atomic E-state index is 13.6. The molecular weight excluding hydrogens is 363 g/mol. The highest BCUT2D eigenvalue weighted by Crippen LogP contribution is 2.45. The van der Waals surface area contributed by atoms with Gasteiger partial charge < -0.3 is 4.57 Å². The van der Waals surface area contributed by atoms with Crippen LogP contribution in [0.2, 0.25) is 0 Å². The van der Waals surface area contributed by atoms with Crippen LogP contribution in [0.3, 0.4) is 0 Å². The first-order valence-electron chi connectivity index (χ1n) is 9.96. The van der Waals surface area contributed by atoms with Crippen LogP contribution in [0.15, 0.2) is 66.7 Å². The van der Waals surface area contributed by atoms with Gasteiger partial charge in [0.05, 0.1) is 16.6 Å². The zero-order valence-corrected chi connectivity index (χ0v) is 17.1. The van der Waals surface area contributed by atoms with Crippen molar-refractivity contribution in [3.63, 3.8) is 0 Å². The summed E-state index contributed by atoms with van der Waals surface area (Å²) in [7, 11) is -2.37. The van der Waals surface area contributed by atoms with E-state index in [4.69, 9.17) is 4.98 Å². The van der Waals surface area contributed by atoms with Crippen molar-refractivity contribution in [2.24, 2.45) is 0 Å². The molecule has 0 saturated heterocycles. The summed E-state index contributed by atoms with van der Waals surface area (Å²) in [4.78, 5) is 4.94. The minimum absolute atomic E-state index is 0.702. The second kappa shape index (κ2) is 6.46. The standard InChI is InChI=1S/C24H23N2OP/c1-3-15-28(27,4-2)17-13-14-19-18-9-5-6-10-20(18)24-25-21-11-7-8-12-22(21)26(24)23(19)16-17/h5-14,16H,3-4,15H2,1-2H3. The molecule has 0 spiro atoms. The Bertz CT molecular complexity index is 1400. The molecule has 5 aromatic rings. The SMILES string of the molecule is CCCP(=O)(CC)c1ccc2c3ccccc3c3nc4ccccc4n3c2c1. The van der Waals surface area contributed by atoms with Crippen LogP contribution < -0.4 is 5.30 Å². The van der Waals surface area contributed by atoms with Gasteiger partial charge >= 0.3 is 0 Å². The summed E-state index contributed by atoms with van der Waals surface area (Å²) in [6.45, 7) is 4.15. The number of imidazole rings is 1. The van der Waals surface area contributed by atoms with Crippen LogP contribution in [0.5, 0.6) is 0 Å². The molecule has 0 N–H and O–H groups in total. The molecule has 28 heavy (non-hydrogen) atoms. The van der Waals surface area contributed by atoms with E-state index in [1.807, 2.05) is 13.0 Å². The van der Waals surface area contributed by atoms with Gasteiger partial charge in [-0.15, -0.1) is 0 Å². The van der Waals surface area contributed by atoms with Gasteiger partial charge in [-0.2, -0.15) is 0 Å². The Kier molecular flexibility index (Phi) is 4.03. The molecule has 3 aromatic carbocycles. The maximum absolute atomic E-state index is 13.6. The largest absolute Gasteiger partial charge is 0.319 e. The highest BCUT2D eigenvalue weighted by atomic mass is 31.2. The number of hydrogen-bond acceptors (Lipinski definition) is 2. The van der Waals surface area contributed by atoms with Crippen molar-refractivity contribution in [2.75, 3.05) is 12.3 Å². The summed E-state index contributed by atoms with van der Waals surface area (Å²) >= 11 is 0. The monoisotopic (exact) mass is 386 g/mol. The fourth-order valence-corrected chi connectivity index (χ4v) is 6.75. The average molecular weight is 386 g/mol. The highest BCUT2D eigenvalue weighted by Gasteiger charge is 2.23. The van der Waals surface area contributed by atoms with Crippen LogP contribution in [-0.4, -0.2) is 21.7 Å². The van der Waals surface area contributed by atoms with Crippen molar-refractivity contribution < 1.29 is 4.57 Å². The highest BCUT2D eigenvalue weighted by molar-refractivity contribution is 7.71. The van der Waals surface area contributed by atoms with Gasteiger partial charge in [-0.25, -0.2) is 4.98 Å². The molecule has 0 aliphatic heterocycles. The molecule has 0 saturated carbocycles. The first kappa shape index (κ1) is 17.5. The second-order valence-corrected chi connectivity index (χ2v) is 10.8. The van der Waals surface area contributed by atoms with Crippen molar-refractivity contribution in [1.29, 1.82) is 0 Å². The van der Waals surface area contributed by atoms with Crippen molar-refractivity contribution in [2.45, 2.75) is 20.3 Å². The average Bonchev–Trinajstić information content (AvgIpc) is 3.14. The van der Waals surface area contributed by atoms with E-state index in [0.29, 0.717) is 6.16 Å². The lowest BCUT2D eigenvalue weighted by Crippen LogP contribution is -2.10. The minimum atomic E-state index is -2.37. The van der Waals surface area contributed by atoms with E-state index in [-0.39, 0.29) is 0 Å². The van der Waals surface area contributed by atoms with Crippen LogP contribution in [0.4, 0.5) is 0 Å². The molecule has 2 heterocycles. The first-order valence-corrected chi connectivity index (χ1v) is 12.0. The van der Waals surface area contributed by atoms with Gasteiger partial charge in [-0.1, -0.05) is 62.4 Å². The first-order chi connectivity index (χ1) is 13.7. The van der Waals surface area contributed by atoms with E-state index < -0.39 is 7.14 Å². The Morgan fingerprint density at radius 2 is 1.61 bits per heavy atom. The number of rotatable bonds is 4. The van der Waals surface area contributed by atoms with E-state index in [2.05, 4.69) is 72.0 Å². The van der Waals surface area contributed by atoms with Gasteiger partial charge in [0, 0.05) is 28.4 Å². The van der Waals surface area contributed by atoms with E-state index in [1.165, 1.54) is 10.8 Å². The zero-order chi connectivity index (χ0) is 19.3. The van der Waals surface area contributed by atoms with Crippen molar-refractivity contribution in [1.82, 2.24) is 9.38 Å². The molecule has 3 nitrogen and oxygen atoms in total. The van der Waals surface area contributed by atoms with Crippen LogP contribution in [0.25, 0.3) is 38.4 Å². The number of para-hydroxylation sites is 2. The van der Waals surface area contributed by atoms with Crippen molar-refractivity contribution in [3.05, 3.63) is 66.7 Å². The number of pyridine rings is 1. The van der Waals surface area contributed by atoms with Crippen LogP contribution >= 0.6 is 7.14 Å². The van der Waals surface area contributed by atoms with Gasteiger partial charge in [0.25, 0.3) is 0 Å². The van der Waals surface area contributed by atoms with Crippen LogP contribution in [-0.2, 0) is 4.57 Å². The molecule has 0 aliphatic rings. The molecule has 1 atom stereocenters. The molecule has 140 valence electrons. The lowest BCUT2D eigenvalue weighted by molar-refractivity contribution is 0.581. The topological polar surface area (TPSA) is 34.4 Å². The summed E-state index contributed by atoms with van der Waals surface area (Å²) in [5.41, 5.74) is 4.12. The summed E-state index contributed by atoms with van der Waals surface area (Å²) in [6, 6.07) is 23.1. The molecule has 1 unspecified atom stereocenters. The molecule has 2 aromatic heterocycles. The third-order valence-electron chi connectivity index (χ3n) is 5.81.